The van der Waals surface area contributed by atoms with Crippen LogP contribution >= 0.6 is 0 Å². The lowest BCUT2D eigenvalue weighted by atomic mass is 10.0. The summed E-state index contributed by atoms with van der Waals surface area (Å²) in [6.07, 6.45) is 0.973. The summed E-state index contributed by atoms with van der Waals surface area (Å²) in [4.78, 5) is 24.8. The Kier molecular flexibility index (Phi) is 6.41. The molecule has 0 saturated heterocycles. The Balaban J connectivity index is 2.21. The number of hydrogen-bond donors (Lipinski definition) is 1. The predicted molar refractivity (Wildman–Crippen MR) is 93.4 cm³/mol. The van der Waals surface area contributed by atoms with Crippen LogP contribution in [0, 0.1) is 17.6 Å². The first-order valence-electron chi connectivity index (χ1n) is 8.66. The molecule has 0 bridgehead atoms. The van der Waals surface area contributed by atoms with Crippen molar-refractivity contribution in [1.29, 1.82) is 0 Å². The lowest BCUT2D eigenvalue weighted by Crippen LogP contribution is -2.43. The van der Waals surface area contributed by atoms with E-state index in [0.29, 0.717) is 0 Å². The zero-order valence-electron chi connectivity index (χ0n) is 15.7. The highest BCUT2D eigenvalue weighted by molar-refractivity contribution is 5.94. The minimum atomic E-state index is -1.14. The number of nitrogens with zero attached hydrogens (tertiary/aromatic N) is 1. The van der Waals surface area contributed by atoms with E-state index in [4.69, 9.17) is 9.47 Å². The van der Waals surface area contributed by atoms with Gasteiger partial charge in [-0.1, -0.05) is 13.8 Å². The normalized spacial score (nSPS) is 15.3. The zero-order chi connectivity index (χ0) is 20.3. The summed E-state index contributed by atoms with van der Waals surface area (Å²) in [5, 5.41) is 9.39. The molecule has 1 aromatic carbocycles. The summed E-state index contributed by atoms with van der Waals surface area (Å²) in [5.41, 5.74) is 0. The van der Waals surface area contributed by atoms with Crippen LogP contribution < -0.4 is 9.47 Å². The van der Waals surface area contributed by atoms with Crippen molar-refractivity contribution in [3.8, 4) is 11.5 Å². The number of hydrogen-bond acceptors (Lipinski definition) is 4. The van der Waals surface area contributed by atoms with Gasteiger partial charge in [-0.2, -0.15) is 4.39 Å². The van der Waals surface area contributed by atoms with Crippen LogP contribution in [0.3, 0.4) is 0 Å². The van der Waals surface area contributed by atoms with Gasteiger partial charge in [0.15, 0.2) is 11.6 Å². The van der Waals surface area contributed by atoms with Crippen molar-refractivity contribution in [2.75, 3.05) is 6.54 Å². The van der Waals surface area contributed by atoms with Crippen LogP contribution in [0.5, 0.6) is 11.5 Å². The standard InChI is InChI=1S/C19H23F2NO5/c1-10(2)7-14(19(24)25)22-9-12(8-16(22)23)27-18-13(20)5-6-15(17(18)21)26-11(3)4/h5-6,8,10-11,14H,7,9H2,1-4H3,(H,24,25)/t14-/m0/s1. The Morgan fingerprint density at radius 1 is 1.26 bits per heavy atom. The van der Waals surface area contributed by atoms with Crippen LogP contribution in [0.1, 0.15) is 34.1 Å². The van der Waals surface area contributed by atoms with E-state index in [-0.39, 0.29) is 36.5 Å². The number of amides is 1. The molecule has 6 nitrogen and oxygen atoms in total. The first-order chi connectivity index (χ1) is 12.6. The average Bonchev–Trinajstić information content (AvgIpc) is 2.91. The van der Waals surface area contributed by atoms with Gasteiger partial charge in [-0.05, 0) is 38.3 Å². The molecule has 148 valence electrons. The minimum absolute atomic E-state index is 0.0329. The summed E-state index contributed by atoms with van der Waals surface area (Å²) in [5.74, 6) is -4.54. The number of carboxylic acids is 1. The molecular weight excluding hydrogens is 360 g/mol. The fourth-order valence-corrected chi connectivity index (χ4v) is 2.73. The third-order valence-electron chi connectivity index (χ3n) is 3.86. The molecule has 1 aliphatic heterocycles. The molecule has 27 heavy (non-hydrogen) atoms. The van der Waals surface area contributed by atoms with Crippen LogP contribution in [0.2, 0.25) is 0 Å². The van der Waals surface area contributed by atoms with E-state index in [1.807, 2.05) is 13.8 Å². The molecule has 1 amide bonds. The van der Waals surface area contributed by atoms with E-state index < -0.39 is 35.3 Å². The second-order valence-corrected chi connectivity index (χ2v) is 7.02. The molecule has 8 heteroatoms. The van der Waals surface area contributed by atoms with E-state index in [2.05, 4.69) is 0 Å². The number of ether oxygens (including phenoxy) is 2. The Hall–Kier alpha value is -2.64. The second-order valence-electron chi connectivity index (χ2n) is 7.02. The highest BCUT2D eigenvalue weighted by Gasteiger charge is 2.35. The molecule has 1 heterocycles. The van der Waals surface area contributed by atoms with E-state index in [9.17, 15) is 23.5 Å². The van der Waals surface area contributed by atoms with Crippen molar-refractivity contribution in [3.63, 3.8) is 0 Å². The van der Waals surface area contributed by atoms with Gasteiger partial charge in [0, 0.05) is 6.08 Å². The van der Waals surface area contributed by atoms with E-state index in [1.54, 1.807) is 13.8 Å². The molecule has 1 atom stereocenters. The Morgan fingerprint density at radius 2 is 1.93 bits per heavy atom. The van der Waals surface area contributed by atoms with Crippen molar-refractivity contribution in [3.05, 3.63) is 35.6 Å². The maximum absolute atomic E-state index is 14.5. The summed E-state index contributed by atoms with van der Waals surface area (Å²) in [7, 11) is 0. The monoisotopic (exact) mass is 383 g/mol. The highest BCUT2D eigenvalue weighted by Crippen LogP contribution is 2.32. The minimum Gasteiger partial charge on any atom is -0.488 e. The fourth-order valence-electron chi connectivity index (χ4n) is 2.73. The summed E-state index contributed by atoms with van der Waals surface area (Å²) in [6.45, 7) is 6.88. The van der Waals surface area contributed by atoms with Crippen LogP contribution in [-0.2, 0) is 9.59 Å². The van der Waals surface area contributed by atoms with Gasteiger partial charge in [-0.25, -0.2) is 9.18 Å². The molecule has 0 unspecified atom stereocenters. The number of aliphatic carboxylic acids is 1. The second kappa shape index (κ2) is 8.37. The van der Waals surface area contributed by atoms with Crippen molar-refractivity contribution in [2.24, 2.45) is 5.92 Å². The SMILES string of the molecule is CC(C)C[C@@H](C(=O)O)N1CC(Oc2c(F)ccc(OC(C)C)c2F)=CC1=O. The van der Waals surface area contributed by atoms with Gasteiger partial charge in [-0.3, -0.25) is 4.79 Å². The summed E-state index contributed by atoms with van der Waals surface area (Å²) >= 11 is 0. The van der Waals surface area contributed by atoms with Gasteiger partial charge in [0.25, 0.3) is 5.91 Å². The van der Waals surface area contributed by atoms with Gasteiger partial charge in [-0.15, -0.1) is 0 Å². The number of halogens is 2. The number of carbonyl (C=O) groups excluding carboxylic acids is 1. The van der Waals surface area contributed by atoms with Crippen molar-refractivity contribution < 1.29 is 33.0 Å². The highest BCUT2D eigenvalue weighted by atomic mass is 19.1. The summed E-state index contributed by atoms with van der Waals surface area (Å²) < 4.78 is 39.1. The molecule has 0 fully saturated rings. The molecule has 1 aromatic rings. The number of carbonyl (C=O) groups is 2. The van der Waals surface area contributed by atoms with E-state index >= 15 is 0 Å². The first kappa shape index (κ1) is 20.7. The number of carboxylic acid groups (broad SMARTS) is 1. The van der Waals surface area contributed by atoms with Gasteiger partial charge < -0.3 is 19.5 Å². The molecule has 0 radical (unpaired) electrons. The van der Waals surface area contributed by atoms with Crippen LogP contribution in [0.15, 0.2) is 24.0 Å². The van der Waals surface area contributed by atoms with E-state index in [1.165, 1.54) is 0 Å². The Morgan fingerprint density at radius 3 is 2.48 bits per heavy atom. The third kappa shape index (κ3) is 4.96. The van der Waals surface area contributed by atoms with Crippen molar-refractivity contribution in [1.82, 2.24) is 4.90 Å². The maximum atomic E-state index is 14.5. The van der Waals surface area contributed by atoms with Gasteiger partial charge >= 0.3 is 5.97 Å². The number of rotatable bonds is 8. The molecule has 0 aliphatic carbocycles. The predicted octanol–water partition coefficient (Wildman–Crippen LogP) is 3.36. The smallest absolute Gasteiger partial charge is 0.326 e. The molecule has 2 rings (SSSR count). The van der Waals surface area contributed by atoms with Crippen LogP contribution in [0.4, 0.5) is 8.78 Å². The molecule has 1 N–H and O–H groups in total. The lowest BCUT2D eigenvalue weighted by molar-refractivity contribution is -0.148. The quantitative estimate of drug-likeness (QED) is 0.745. The summed E-state index contributed by atoms with van der Waals surface area (Å²) in [6, 6.07) is 1.12. The third-order valence-corrected chi connectivity index (χ3v) is 3.86. The fraction of sp³-hybridized carbons (Fsp3) is 0.474. The van der Waals surface area contributed by atoms with Crippen LogP contribution in [0.25, 0.3) is 0 Å². The Bertz CT molecular complexity index is 761. The van der Waals surface area contributed by atoms with Crippen molar-refractivity contribution in [2.45, 2.75) is 46.3 Å². The zero-order valence-corrected chi connectivity index (χ0v) is 15.7. The Labute approximate surface area is 156 Å². The molecular formula is C19H23F2NO5. The maximum Gasteiger partial charge on any atom is 0.326 e. The lowest BCUT2D eigenvalue weighted by Gasteiger charge is -2.25. The average molecular weight is 383 g/mol. The molecule has 0 spiro atoms. The van der Waals surface area contributed by atoms with Crippen molar-refractivity contribution >= 4 is 11.9 Å². The van der Waals surface area contributed by atoms with Crippen LogP contribution in [-0.4, -0.2) is 40.6 Å². The van der Waals surface area contributed by atoms with Gasteiger partial charge in [0.05, 0.1) is 12.6 Å². The van der Waals surface area contributed by atoms with Gasteiger partial charge in [0.2, 0.25) is 11.6 Å². The molecule has 0 saturated carbocycles. The largest absolute Gasteiger partial charge is 0.488 e. The topological polar surface area (TPSA) is 76.1 Å². The first-order valence-corrected chi connectivity index (χ1v) is 8.66. The van der Waals surface area contributed by atoms with E-state index in [0.717, 1.165) is 23.1 Å². The molecule has 1 aliphatic rings. The number of benzene rings is 1. The molecule has 0 aromatic heterocycles. The van der Waals surface area contributed by atoms with Gasteiger partial charge in [0.1, 0.15) is 11.8 Å².